The number of rotatable bonds is 5. The second kappa shape index (κ2) is 7.71. The molecule has 23 heavy (non-hydrogen) atoms. The summed E-state index contributed by atoms with van der Waals surface area (Å²) in [6.07, 6.45) is 0. The predicted molar refractivity (Wildman–Crippen MR) is 87.3 cm³/mol. The Hall–Kier alpha value is -1.71. The molecule has 1 heterocycles. The van der Waals surface area contributed by atoms with Gasteiger partial charge in [-0.2, -0.15) is 5.26 Å². The lowest BCUT2D eigenvalue weighted by Gasteiger charge is -2.40. The van der Waals surface area contributed by atoms with Gasteiger partial charge in [0, 0.05) is 38.8 Å². The van der Waals surface area contributed by atoms with E-state index in [1.807, 2.05) is 0 Å². The minimum atomic E-state index is -0.720. The topological polar surface area (TPSA) is 42.3 Å². The van der Waals surface area contributed by atoms with E-state index in [-0.39, 0.29) is 17.3 Å². The summed E-state index contributed by atoms with van der Waals surface area (Å²) in [6.45, 7) is 8.64. The van der Waals surface area contributed by atoms with Crippen LogP contribution in [0.4, 0.5) is 14.5 Å². The van der Waals surface area contributed by atoms with Gasteiger partial charge in [-0.1, -0.05) is 13.8 Å². The van der Waals surface area contributed by atoms with Gasteiger partial charge in [-0.05, 0) is 25.1 Å². The van der Waals surface area contributed by atoms with Gasteiger partial charge in [0.1, 0.15) is 5.69 Å². The molecule has 4 nitrogen and oxygen atoms in total. The summed E-state index contributed by atoms with van der Waals surface area (Å²) >= 11 is 0. The molecule has 0 aromatic heterocycles. The average Bonchev–Trinajstić information content (AvgIpc) is 2.50. The fourth-order valence-corrected chi connectivity index (χ4v) is 2.95. The summed E-state index contributed by atoms with van der Waals surface area (Å²) in [4.78, 5) is 4.65. The summed E-state index contributed by atoms with van der Waals surface area (Å²) < 4.78 is 27.9. The van der Waals surface area contributed by atoms with E-state index >= 15 is 0 Å². The van der Waals surface area contributed by atoms with Gasteiger partial charge in [-0.15, -0.1) is 0 Å². The molecular weight excluding hydrogens is 298 g/mol. The molecule has 0 unspecified atom stereocenters. The molecule has 1 aromatic rings. The zero-order valence-corrected chi connectivity index (χ0v) is 13.9. The molecule has 1 N–H and O–H groups in total. The van der Waals surface area contributed by atoms with Crippen LogP contribution in [-0.2, 0) is 0 Å². The van der Waals surface area contributed by atoms with E-state index < -0.39 is 11.6 Å². The van der Waals surface area contributed by atoms with Crippen LogP contribution >= 0.6 is 0 Å². The van der Waals surface area contributed by atoms with Gasteiger partial charge in [0.2, 0.25) is 0 Å². The Balaban J connectivity index is 2.06. The molecule has 6 heteroatoms. The number of hydrogen-bond acceptors (Lipinski definition) is 4. The third-order valence-electron chi connectivity index (χ3n) is 4.44. The van der Waals surface area contributed by atoms with Crippen molar-refractivity contribution in [3.63, 3.8) is 0 Å². The third-order valence-corrected chi connectivity index (χ3v) is 4.44. The summed E-state index contributed by atoms with van der Waals surface area (Å²) in [7, 11) is 2.10. The molecule has 1 fully saturated rings. The van der Waals surface area contributed by atoms with Gasteiger partial charge in [0.15, 0.2) is 11.6 Å². The minimum absolute atomic E-state index is 0.00923. The summed E-state index contributed by atoms with van der Waals surface area (Å²) in [5.41, 5.74) is -0.159. The van der Waals surface area contributed by atoms with Gasteiger partial charge < -0.3 is 10.2 Å². The third kappa shape index (κ3) is 4.40. The van der Waals surface area contributed by atoms with Crippen LogP contribution in [0.15, 0.2) is 12.1 Å². The molecule has 0 saturated carbocycles. The SMILES string of the molecule is CC(C)[C@@H](CNc1c(F)cc(C#N)cc1F)N1CCN(C)CC1. The van der Waals surface area contributed by atoms with Crippen molar-refractivity contribution in [2.24, 2.45) is 5.92 Å². The summed E-state index contributed by atoms with van der Waals surface area (Å²) in [5, 5.41) is 11.7. The van der Waals surface area contributed by atoms with Crippen molar-refractivity contribution in [2.75, 3.05) is 45.1 Å². The number of halogens is 2. The largest absolute Gasteiger partial charge is 0.379 e. The Labute approximate surface area is 136 Å². The molecule has 0 amide bonds. The van der Waals surface area contributed by atoms with Crippen molar-refractivity contribution in [3.8, 4) is 6.07 Å². The first-order valence-corrected chi connectivity index (χ1v) is 7.98. The highest BCUT2D eigenvalue weighted by atomic mass is 19.1. The quantitative estimate of drug-likeness (QED) is 0.904. The van der Waals surface area contributed by atoms with E-state index in [0.29, 0.717) is 12.5 Å². The van der Waals surface area contributed by atoms with E-state index in [2.05, 4.69) is 36.0 Å². The summed E-state index contributed by atoms with van der Waals surface area (Å²) in [6, 6.07) is 4.08. The van der Waals surface area contributed by atoms with Crippen LogP contribution in [0.5, 0.6) is 0 Å². The highest BCUT2D eigenvalue weighted by Gasteiger charge is 2.25. The lowest BCUT2D eigenvalue weighted by molar-refractivity contribution is 0.0943. The summed E-state index contributed by atoms with van der Waals surface area (Å²) in [5.74, 6) is -1.07. The number of nitriles is 1. The van der Waals surface area contributed by atoms with Crippen LogP contribution in [0.2, 0.25) is 0 Å². The van der Waals surface area contributed by atoms with Gasteiger partial charge in [-0.3, -0.25) is 4.90 Å². The molecule has 1 aliphatic rings. The maximum absolute atomic E-state index is 14.0. The number of anilines is 1. The maximum Gasteiger partial charge on any atom is 0.150 e. The van der Waals surface area contributed by atoms with Crippen LogP contribution < -0.4 is 5.32 Å². The molecule has 2 rings (SSSR count). The Morgan fingerprint density at radius 3 is 2.22 bits per heavy atom. The van der Waals surface area contributed by atoms with E-state index in [0.717, 1.165) is 38.3 Å². The Morgan fingerprint density at radius 1 is 1.17 bits per heavy atom. The van der Waals surface area contributed by atoms with Crippen LogP contribution in [0, 0.1) is 28.9 Å². The van der Waals surface area contributed by atoms with Crippen LogP contribution in [0.25, 0.3) is 0 Å². The molecule has 0 radical (unpaired) electrons. The lowest BCUT2D eigenvalue weighted by Crippen LogP contribution is -2.52. The number of hydrogen-bond donors (Lipinski definition) is 1. The van der Waals surface area contributed by atoms with Gasteiger partial charge in [-0.25, -0.2) is 8.78 Å². The first-order chi connectivity index (χ1) is 10.9. The van der Waals surface area contributed by atoms with E-state index in [1.54, 1.807) is 6.07 Å². The standard InChI is InChI=1S/C17H24F2N4/c1-12(2)16(23-6-4-22(3)5-7-23)11-21-17-14(18)8-13(10-20)9-15(17)19/h8-9,12,16,21H,4-7,11H2,1-3H3/t16-/m1/s1. The van der Waals surface area contributed by atoms with Crippen molar-refractivity contribution >= 4 is 5.69 Å². The van der Waals surface area contributed by atoms with Crippen molar-refractivity contribution < 1.29 is 8.78 Å². The smallest absolute Gasteiger partial charge is 0.150 e. The van der Waals surface area contributed by atoms with E-state index in [9.17, 15) is 8.78 Å². The van der Waals surface area contributed by atoms with Crippen molar-refractivity contribution in [2.45, 2.75) is 19.9 Å². The van der Waals surface area contributed by atoms with Crippen LogP contribution in [0.3, 0.4) is 0 Å². The molecule has 126 valence electrons. The van der Waals surface area contributed by atoms with Gasteiger partial charge in [0.05, 0.1) is 11.6 Å². The number of nitrogens with one attached hydrogen (secondary N) is 1. The number of piperazine rings is 1. The monoisotopic (exact) mass is 322 g/mol. The second-order valence-corrected chi connectivity index (χ2v) is 6.46. The molecule has 1 saturated heterocycles. The number of benzene rings is 1. The first-order valence-electron chi connectivity index (χ1n) is 7.98. The lowest BCUT2D eigenvalue weighted by atomic mass is 10.0. The number of nitrogens with zero attached hydrogens (tertiary/aromatic N) is 3. The Bertz CT molecular complexity index is 551. The van der Waals surface area contributed by atoms with Crippen molar-refractivity contribution in [1.29, 1.82) is 5.26 Å². The fourth-order valence-electron chi connectivity index (χ4n) is 2.95. The molecule has 0 spiro atoms. The van der Waals surface area contributed by atoms with Gasteiger partial charge in [0.25, 0.3) is 0 Å². The van der Waals surface area contributed by atoms with Gasteiger partial charge >= 0.3 is 0 Å². The average molecular weight is 322 g/mol. The highest BCUT2D eigenvalue weighted by molar-refractivity contribution is 5.50. The number of likely N-dealkylation sites (N-methyl/N-ethyl adjacent to an activating group) is 1. The molecule has 1 atom stereocenters. The molecular formula is C17H24F2N4. The fraction of sp³-hybridized carbons (Fsp3) is 0.588. The van der Waals surface area contributed by atoms with Crippen LogP contribution in [-0.4, -0.2) is 55.6 Å². The second-order valence-electron chi connectivity index (χ2n) is 6.46. The molecule has 0 aliphatic carbocycles. The maximum atomic E-state index is 14.0. The molecule has 1 aromatic carbocycles. The zero-order chi connectivity index (χ0) is 17.0. The molecule has 0 bridgehead atoms. The Morgan fingerprint density at radius 2 is 1.74 bits per heavy atom. The zero-order valence-electron chi connectivity index (χ0n) is 13.9. The van der Waals surface area contributed by atoms with Crippen molar-refractivity contribution in [3.05, 3.63) is 29.3 Å². The Kier molecular flexibility index (Phi) is 5.91. The van der Waals surface area contributed by atoms with E-state index in [4.69, 9.17) is 5.26 Å². The van der Waals surface area contributed by atoms with Crippen LogP contribution in [0.1, 0.15) is 19.4 Å². The van der Waals surface area contributed by atoms with E-state index in [1.165, 1.54) is 0 Å². The first kappa shape index (κ1) is 17.6. The normalized spacial score (nSPS) is 18.0. The molecule has 1 aliphatic heterocycles. The minimum Gasteiger partial charge on any atom is -0.379 e. The highest BCUT2D eigenvalue weighted by Crippen LogP contribution is 2.22. The predicted octanol–water partition coefficient (Wildman–Crippen LogP) is 2.52. The van der Waals surface area contributed by atoms with Crippen molar-refractivity contribution in [1.82, 2.24) is 9.80 Å².